The van der Waals surface area contributed by atoms with Gasteiger partial charge in [-0.3, -0.25) is 4.68 Å². The van der Waals surface area contributed by atoms with Gasteiger partial charge in [-0.15, -0.1) is 6.42 Å². The van der Waals surface area contributed by atoms with Crippen LogP contribution in [0.25, 0.3) is 22.0 Å². The van der Waals surface area contributed by atoms with E-state index in [1.54, 1.807) is 56.9 Å². The van der Waals surface area contributed by atoms with Crippen LogP contribution in [0.15, 0.2) is 48.7 Å². The number of ether oxygens (including phenoxy) is 1. The van der Waals surface area contributed by atoms with Gasteiger partial charge in [0.05, 0.1) is 22.4 Å². The number of terminal acetylenes is 1. The Hall–Kier alpha value is -3.96. The van der Waals surface area contributed by atoms with Gasteiger partial charge in [-0.05, 0) is 56.7 Å². The summed E-state index contributed by atoms with van der Waals surface area (Å²) in [6.45, 7) is 5.42. The maximum absolute atomic E-state index is 14.0. The molecule has 0 unspecified atom stereocenters. The summed E-state index contributed by atoms with van der Waals surface area (Å²) in [4.78, 5) is 17.5. The average molecular weight is 523 g/mol. The van der Waals surface area contributed by atoms with Crippen molar-refractivity contribution in [2.24, 2.45) is 7.05 Å². The van der Waals surface area contributed by atoms with Gasteiger partial charge in [0.1, 0.15) is 17.3 Å². The zero-order valence-electron chi connectivity index (χ0n) is 20.8. The summed E-state index contributed by atoms with van der Waals surface area (Å²) in [5, 5.41) is 8.32. The number of aryl methyl sites for hydroxylation is 1. The first kappa shape index (κ1) is 26.1. The smallest absolute Gasteiger partial charge is 0.408 e. The van der Waals surface area contributed by atoms with Gasteiger partial charge in [0.2, 0.25) is 0 Å². The van der Waals surface area contributed by atoms with E-state index in [4.69, 9.17) is 22.8 Å². The molecule has 2 heterocycles. The third-order valence-electron chi connectivity index (χ3n) is 5.59. The second-order valence-corrected chi connectivity index (χ2v) is 10.1. The van der Waals surface area contributed by atoms with Gasteiger partial charge in [-0.2, -0.15) is 5.10 Å². The van der Waals surface area contributed by atoms with Gasteiger partial charge in [0, 0.05) is 41.6 Å². The van der Waals surface area contributed by atoms with Crippen molar-refractivity contribution in [3.8, 4) is 23.5 Å². The van der Waals surface area contributed by atoms with Crippen LogP contribution in [0.1, 0.15) is 43.8 Å². The van der Waals surface area contributed by atoms with Crippen LogP contribution < -0.4 is 5.32 Å². The Balaban J connectivity index is 1.90. The number of benzene rings is 2. The molecule has 0 saturated heterocycles. The Labute approximate surface area is 218 Å². The number of hydrogen-bond donors (Lipinski definition) is 1. The fraction of sp³-hybridized carbons (Fsp3) is 0.250. The first-order valence-corrected chi connectivity index (χ1v) is 11.8. The van der Waals surface area contributed by atoms with E-state index in [1.807, 2.05) is 6.07 Å². The van der Waals surface area contributed by atoms with Gasteiger partial charge in [0.15, 0.2) is 6.10 Å². The van der Waals surface area contributed by atoms with Gasteiger partial charge in [-0.25, -0.2) is 18.6 Å². The molecule has 4 rings (SSSR count). The largest absolute Gasteiger partial charge is 0.439 e. The van der Waals surface area contributed by atoms with Crippen molar-refractivity contribution in [1.82, 2.24) is 20.1 Å². The van der Waals surface area contributed by atoms with E-state index in [2.05, 4.69) is 21.3 Å². The molecular weight excluding hydrogens is 498 g/mol. The first-order valence-electron chi connectivity index (χ1n) is 11.5. The fourth-order valence-electron chi connectivity index (χ4n) is 4.10. The molecule has 37 heavy (non-hydrogen) atoms. The van der Waals surface area contributed by atoms with E-state index in [0.717, 1.165) is 22.5 Å². The minimum absolute atomic E-state index is 0.0532. The third kappa shape index (κ3) is 5.89. The van der Waals surface area contributed by atoms with Gasteiger partial charge >= 0.3 is 6.09 Å². The van der Waals surface area contributed by atoms with Crippen LogP contribution in [-0.2, 0) is 18.2 Å². The topological polar surface area (TPSA) is 69.0 Å². The van der Waals surface area contributed by atoms with Gasteiger partial charge < -0.3 is 10.1 Å². The number of aromatic nitrogens is 3. The molecule has 0 aliphatic heterocycles. The number of rotatable bonds is 5. The minimum Gasteiger partial charge on any atom is -0.439 e. The molecule has 0 fully saturated rings. The molecule has 2 aromatic carbocycles. The molecule has 6 nitrogen and oxygen atoms in total. The molecule has 0 spiro atoms. The number of halogens is 3. The summed E-state index contributed by atoms with van der Waals surface area (Å²) in [5.41, 5.74) is 2.40. The van der Waals surface area contributed by atoms with Gasteiger partial charge in [0.25, 0.3) is 0 Å². The fourth-order valence-corrected chi connectivity index (χ4v) is 4.31. The third-order valence-corrected chi connectivity index (χ3v) is 5.91. The highest BCUT2D eigenvalue weighted by atomic mass is 35.5. The van der Waals surface area contributed by atoms with E-state index in [1.165, 1.54) is 12.1 Å². The zero-order valence-corrected chi connectivity index (χ0v) is 21.5. The molecule has 0 saturated carbocycles. The quantitative estimate of drug-likeness (QED) is 0.310. The SMILES string of the molecule is C#Cc1ccc(-c2ccc(Cl)c3cnn(C)c23)c([C@H](Cc2cc(F)cc(F)c2)OC(=O)NC(C)(C)C)n1. The van der Waals surface area contributed by atoms with Crippen molar-refractivity contribution in [3.63, 3.8) is 0 Å². The maximum atomic E-state index is 14.0. The van der Waals surface area contributed by atoms with Crippen LogP contribution in [0, 0.1) is 24.0 Å². The van der Waals surface area contributed by atoms with Crippen LogP contribution in [0.2, 0.25) is 5.02 Å². The van der Waals surface area contributed by atoms with E-state index in [-0.39, 0.29) is 12.0 Å². The average Bonchev–Trinajstić information content (AvgIpc) is 3.19. The lowest BCUT2D eigenvalue weighted by Crippen LogP contribution is -2.41. The molecule has 0 radical (unpaired) electrons. The molecular formula is C28H25ClF2N4O2. The number of pyridine rings is 1. The Morgan fingerprint density at radius 3 is 2.49 bits per heavy atom. The summed E-state index contributed by atoms with van der Waals surface area (Å²) in [6.07, 6.45) is 5.49. The number of hydrogen-bond acceptors (Lipinski definition) is 4. The monoisotopic (exact) mass is 522 g/mol. The van der Waals surface area contributed by atoms with E-state index < -0.39 is 29.4 Å². The van der Waals surface area contributed by atoms with Gasteiger partial charge in [-0.1, -0.05) is 23.6 Å². The Morgan fingerprint density at radius 1 is 1.16 bits per heavy atom. The molecule has 0 aliphatic carbocycles. The van der Waals surface area contributed by atoms with Crippen molar-refractivity contribution < 1.29 is 18.3 Å². The highest BCUT2D eigenvalue weighted by molar-refractivity contribution is 6.35. The molecule has 1 atom stereocenters. The number of carbonyl (C=O) groups excluding carboxylic acids is 1. The highest BCUT2D eigenvalue weighted by Crippen LogP contribution is 2.37. The summed E-state index contributed by atoms with van der Waals surface area (Å²) < 4.78 is 35.6. The predicted molar refractivity (Wildman–Crippen MR) is 139 cm³/mol. The number of amides is 1. The minimum atomic E-state index is -1.04. The van der Waals surface area contributed by atoms with Crippen molar-refractivity contribution in [1.29, 1.82) is 0 Å². The van der Waals surface area contributed by atoms with E-state index in [9.17, 15) is 13.6 Å². The van der Waals surface area contributed by atoms with Crippen LogP contribution in [-0.4, -0.2) is 26.4 Å². The van der Waals surface area contributed by atoms with Crippen molar-refractivity contribution in [3.05, 3.63) is 82.3 Å². The maximum Gasteiger partial charge on any atom is 0.408 e. The second kappa shape index (κ2) is 10.2. The second-order valence-electron chi connectivity index (χ2n) is 9.65. The van der Waals surface area contributed by atoms with Crippen LogP contribution in [0.5, 0.6) is 0 Å². The Bertz CT molecular complexity index is 1520. The molecule has 2 aromatic heterocycles. The number of fused-ring (bicyclic) bond motifs is 1. The van der Waals surface area contributed by atoms with E-state index in [0.29, 0.717) is 22.0 Å². The zero-order chi connectivity index (χ0) is 26.9. The van der Waals surface area contributed by atoms with Crippen LogP contribution in [0.4, 0.5) is 13.6 Å². The molecule has 0 aliphatic rings. The molecule has 0 bridgehead atoms. The summed E-state index contributed by atoms with van der Waals surface area (Å²) in [6, 6.07) is 10.2. The Morgan fingerprint density at radius 2 is 1.84 bits per heavy atom. The van der Waals surface area contributed by atoms with Crippen molar-refractivity contribution in [2.45, 2.75) is 38.8 Å². The number of nitrogens with zero attached hydrogens (tertiary/aromatic N) is 3. The highest BCUT2D eigenvalue weighted by Gasteiger charge is 2.27. The van der Waals surface area contributed by atoms with E-state index >= 15 is 0 Å². The van der Waals surface area contributed by atoms with Crippen molar-refractivity contribution in [2.75, 3.05) is 0 Å². The summed E-state index contributed by atoms with van der Waals surface area (Å²) >= 11 is 6.40. The molecule has 1 amide bonds. The molecule has 190 valence electrons. The van der Waals surface area contributed by atoms with Crippen molar-refractivity contribution >= 4 is 28.6 Å². The number of nitrogens with one attached hydrogen (secondary N) is 1. The first-order chi connectivity index (χ1) is 17.4. The Kier molecular flexibility index (Phi) is 7.19. The lowest BCUT2D eigenvalue weighted by Gasteiger charge is -2.25. The number of carbonyl (C=O) groups is 1. The standard InChI is InChI=1S/C28H25ClF2N4O2/c1-6-19-7-8-20(21-9-10-23(29)22-15-32-35(5)26(21)22)25(33-19)24(37-27(36)34-28(2,3)4)13-16-11-17(30)14-18(31)12-16/h1,7-12,14-15,24H,13H2,2-5H3,(H,34,36)/t24-/m0/s1. The predicted octanol–water partition coefficient (Wildman–Crippen LogP) is 6.36. The molecule has 4 aromatic rings. The lowest BCUT2D eigenvalue weighted by atomic mass is 9.95. The molecule has 1 N–H and O–H groups in total. The normalized spacial score (nSPS) is 12.3. The number of alkyl carbamates (subject to hydrolysis) is 1. The molecule has 9 heteroatoms. The van der Waals surface area contributed by atoms with Crippen LogP contribution in [0.3, 0.4) is 0 Å². The lowest BCUT2D eigenvalue weighted by molar-refractivity contribution is 0.0891. The van der Waals surface area contributed by atoms with Crippen LogP contribution >= 0.6 is 11.6 Å². The summed E-state index contributed by atoms with van der Waals surface area (Å²) in [7, 11) is 1.78. The summed E-state index contributed by atoms with van der Waals surface area (Å²) in [5.74, 6) is 1.02.